The smallest absolute Gasteiger partial charge is 0.221 e. The molecule has 0 bridgehead atoms. The standard InChI is InChI=1S/C16H29NO/c1-14(2,3)12-7-6-9-16(10-8-12)11-13(18)17-15(16,4)5/h12H,6-11H2,1-5H3,(H,17,18). The Labute approximate surface area is 112 Å². The summed E-state index contributed by atoms with van der Waals surface area (Å²) >= 11 is 0. The largest absolute Gasteiger partial charge is 0.351 e. The quantitative estimate of drug-likeness (QED) is 0.695. The zero-order valence-electron chi connectivity index (χ0n) is 12.7. The van der Waals surface area contributed by atoms with E-state index in [0.717, 1.165) is 12.3 Å². The van der Waals surface area contributed by atoms with Crippen LogP contribution in [0.4, 0.5) is 0 Å². The third-order valence-corrected chi connectivity index (χ3v) is 5.68. The molecule has 2 fully saturated rings. The van der Waals surface area contributed by atoms with Gasteiger partial charge in [-0.25, -0.2) is 0 Å². The van der Waals surface area contributed by atoms with E-state index < -0.39 is 0 Å². The van der Waals surface area contributed by atoms with E-state index >= 15 is 0 Å². The molecule has 0 aromatic heterocycles. The maximum Gasteiger partial charge on any atom is 0.221 e. The molecule has 1 saturated carbocycles. The van der Waals surface area contributed by atoms with E-state index in [-0.39, 0.29) is 16.9 Å². The van der Waals surface area contributed by atoms with Crippen LogP contribution in [0.5, 0.6) is 0 Å². The van der Waals surface area contributed by atoms with Crippen molar-refractivity contribution in [1.82, 2.24) is 5.32 Å². The summed E-state index contributed by atoms with van der Waals surface area (Å²) in [5, 5.41) is 3.20. The molecule has 0 aromatic rings. The third-order valence-electron chi connectivity index (χ3n) is 5.68. The summed E-state index contributed by atoms with van der Waals surface area (Å²) in [6, 6.07) is 0. The Morgan fingerprint density at radius 2 is 1.83 bits per heavy atom. The third kappa shape index (κ3) is 2.31. The molecule has 2 nitrogen and oxygen atoms in total. The van der Waals surface area contributed by atoms with Crippen molar-refractivity contribution < 1.29 is 4.79 Å². The van der Waals surface area contributed by atoms with Crippen molar-refractivity contribution in [2.45, 2.75) is 78.7 Å². The zero-order chi connectivity index (χ0) is 13.6. The van der Waals surface area contributed by atoms with E-state index in [4.69, 9.17) is 0 Å². The first-order valence-corrected chi connectivity index (χ1v) is 7.47. The normalized spacial score (nSPS) is 36.5. The van der Waals surface area contributed by atoms with Gasteiger partial charge in [-0.2, -0.15) is 0 Å². The van der Waals surface area contributed by atoms with Crippen LogP contribution in [-0.2, 0) is 4.79 Å². The molecule has 1 spiro atoms. The summed E-state index contributed by atoms with van der Waals surface area (Å²) < 4.78 is 0. The van der Waals surface area contributed by atoms with Crippen LogP contribution in [0.2, 0.25) is 0 Å². The average Bonchev–Trinajstić information content (AvgIpc) is 2.36. The van der Waals surface area contributed by atoms with Gasteiger partial charge in [0.1, 0.15) is 0 Å². The fraction of sp³-hybridized carbons (Fsp3) is 0.938. The fourth-order valence-electron chi connectivity index (χ4n) is 4.13. The van der Waals surface area contributed by atoms with Crippen LogP contribution >= 0.6 is 0 Å². The predicted octanol–water partition coefficient (Wildman–Crippen LogP) is 3.90. The van der Waals surface area contributed by atoms with Crippen LogP contribution in [-0.4, -0.2) is 11.4 Å². The molecule has 1 heterocycles. The molecule has 1 aliphatic carbocycles. The van der Waals surface area contributed by atoms with E-state index in [1.165, 1.54) is 32.1 Å². The van der Waals surface area contributed by atoms with E-state index in [1.54, 1.807) is 0 Å². The number of carbonyl (C=O) groups is 1. The number of carbonyl (C=O) groups excluding carboxylic acids is 1. The van der Waals surface area contributed by atoms with Gasteiger partial charge in [-0.1, -0.05) is 27.2 Å². The molecule has 1 amide bonds. The van der Waals surface area contributed by atoms with Crippen LogP contribution < -0.4 is 5.32 Å². The monoisotopic (exact) mass is 251 g/mol. The predicted molar refractivity (Wildman–Crippen MR) is 75.3 cm³/mol. The Morgan fingerprint density at radius 3 is 2.33 bits per heavy atom. The minimum atomic E-state index is -0.0170. The molecule has 2 aliphatic rings. The Bertz CT molecular complexity index is 339. The van der Waals surface area contributed by atoms with Gasteiger partial charge in [-0.3, -0.25) is 4.79 Å². The SMILES string of the molecule is CC(C)(C)C1CCCC2(CC1)CC(=O)NC2(C)C. The highest BCUT2D eigenvalue weighted by molar-refractivity contribution is 5.80. The highest BCUT2D eigenvalue weighted by Crippen LogP contribution is 2.52. The Kier molecular flexibility index (Phi) is 3.28. The molecular weight excluding hydrogens is 222 g/mol. The molecular formula is C16H29NO. The number of nitrogens with one attached hydrogen (secondary N) is 1. The van der Waals surface area contributed by atoms with Crippen LogP contribution in [0.15, 0.2) is 0 Å². The van der Waals surface area contributed by atoms with Gasteiger partial charge in [0, 0.05) is 17.4 Å². The minimum absolute atomic E-state index is 0.0170. The first-order chi connectivity index (χ1) is 8.16. The number of rotatable bonds is 0. The summed E-state index contributed by atoms with van der Waals surface area (Å²) in [5.41, 5.74) is 0.604. The molecule has 0 aromatic carbocycles. The molecule has 1 aliphatic heterocycles. The van der Waals surface area contributed by atoms with E-state index in [0.29, 0.717) is 5.41 Å². The van der Waals surface area contributed by atoms with Crippen molar-refractivity contribution in [1.29, 1.82) is 0 Å². The highest BCUT2D eigenvalue weighted by Gasteiger charge is 2.52. The Morgan fingerprint density at radius 1 is 1.17 bits per heavy atom. The lowest BCUT2D eigenvalue weighted by Gasteiger charge is -2.40. The lowest BCUT2D eigenvalue weighted by molar-refractivity contribution is -0.120. The van der Waals surface area contributed by atoms with Gasteiger partial charge in [0.05, 0.1) is 0 Å². The molecule has 2 rings (SSSR count). The van der Waals surface area contributed by atoms with Crippen LogP contribution in [0, 0.1) is 16.7 Å². The second kappa shape index (κ2) is 4.25. The number of hydrogen-bond donors (Lipinski definition) is 1. The molecule has 18 heavy (non-hydrogen) atoms. The molecule has 2 unspecified atom stereocenters. The van der Waals surface area contributed by atoms with E-state index in [1.807, 2.05) is 0 Å². The second-order valence-electron chi connectivity index (χ2n) is 8.12. The maximum absolute atomic E-state index is 11.8. The first kappa shape index (κ1) is 13.9. The van der Waals surface area contributed by atoms with Gasteiger partial charge in [0.2, 0.25) is 5.91 Å². The van der Waals surface area contributed by atoms with Crippen molar-refractivity contribution in [3.8, 4) is 0 Å². The van der Waals surface area contributed by atoms with Gasteiger partial charge in [0.25, 0.3) is 0 Å². The minimum Gasteiger partial charge on any atom is -0.351 e. The van der Waals surface area contributed by atoms with Crippen molar-refractivity contribution in [2.75, 3.05) is 0 Å². The van der Waals surface area contributed by atoms with E-state index in [9.17, 15) is 4.79 Å². The Hall–Kier alpha value is -0.530. The maximum atomic E-state index is 11.8. The molecule has 0 radical (unpaired) electrons. The van der Waals surface area contributed by atoms with Gasteiger partial charge < -0.3 is 5.32 Å². The summed E-state index contributed by atoms with van der Waals surface area (Å²) in [4.78, 5) is 11.8. The molecule has 1 saturated heterocycles. The van der Waals surface area contributed by atoms with Gasteiger partial charge >= 0.3 is 0 Å². The molecule has 2 atom stereocenters. The van der Waals surface area contributed by atoms with Crippen LogP contribution in [0.3, 0.4) is 0 Å². The van der Waals surface area contributed by atoms with Crippen molar-refractivity contribution in [3.05, 3.63) is 0 Å². The van der Waals surface area contributed by atoms with Crippen molar-refractivity contribution in [3.63, 3.8) is 0 Å². The van der Waals surface area contributed by atoms with Crippen LogP contribution in [0.1, 0.15) is 73.1 Å². The van der Waals surface area contributed by atoms with Gasteiger partial charge in [-0.05, 0) is 50.9 Å². The summed E-state index contributed by atoms with van der Waals surface area (Å²) in [6.45, 7) is 11.5. The topological polar surface area (TPSA) is 29.1 Å². The van der Waals surface area contributed by atoms with Gasteiger partial charge in [-0.15, -0.1) is 0 Å². The van der Waals surface area contributed by atoms with Crippen LogP contribution in [0.25, 0.3) is 0 Å². The molecule has 2 heteroatoms. The summed E-state index contributed by atoms with van der Waals surface area (Å²) in [7, 11) is 0. The van der Waals surface area contributed by atoms with E-state index in [2.05, 4.69) is 39.9 Å². The zero-order valence-corrected chi connectivity index (χ0v) is 12.7. The first-order valence-electron chi connectivity index (χ1n) is 7.47. The lowest BCUT2D eigenvalue weighted by atomic mass is 9.66. The molecule has 104 valence electrons. The second-order valence-corrected chi connectivity index (χ2v) is 8.12. The number of amides is 1. The highest BCUT2D eigenvalue weighted by atomic mass is 16.2. The average molecular weight is 251 g/mol. The summed E-state index contributed by atoms with van der Waals surface area (Å²) in [6.07, 6.45) is 7.06. The fourth-order valence-corrected chi connectivity index (χ4v) is 4.13. The lowest BCUT2D eigenvalue weighted by Crippen LogP contribution is -2.46. The molecule has 1 N–H and O–H groups in total. The van der Waals surface area contributed by atoms with Gasteiger partial charge in [0.15, 0.2) is 0 Å². The Balaban J connectivity index is 2.16. The number of hydrogen-bond acceptors (Lipinski definition) is 1. The van der Waals surface area contributed by atoms with Crippen molar-refractivity contribution in [2.24, 2.45) is 16.7 Å². The van der Waals surface area contributed by atoms with Crippen molar-refractivity contribution >= 4 is 5.91 Å². The summed E-state index contributed by atoms with van der Waals surface area (Å²) in [5.74, 6) is 1.07.